The van der Waals surface area contributed by atoms with Crippen LogP contribution in [0.15, 0.2) is 18.2 Å². The molecule has 0 atom stereocenters. The van der Waals surface area contributed by atoms with Crippen molar-refractivity contribution in [1.82, 2.24) is 0 Å². The number of rotatable bonds is 3. The van der Waals surface area contributed by atoms with Crippen molar-refractivity contribution in [3.8, 4) is 0 Å². The maximum Gasteiger partial charge on any atom is 0.338 e. The molecule has 0 aromatic heterocycles. The fourth-order valence-corrected chi connectivity index (χ4v) is 3.06. The number of nitrogen functional groups attached to an aromatic ring is 1. The summed E-state index contributed by atoms with van der Waals surface area (Å²) in [4.78, 5) is 11.9. The van der Waals surface area contributed by atoms with E-state index in [9.17, 15) is 4.79 Å². The Kier molecular flexibility index (Phi) is 4.86. The van der Waals surface area contributed by atoms with Crippen molar-refractivity contribution in [2.75, 3.05) is 12.3 Å². The van der Waals surface area contributed by atoms with Crippen molar-refractivity contribution in [3.05, 3.63) is 27.3 Å². The van der Waals surface area contributed by atoms with Crippen LogP contribution in [0, 0.1) is 9.49 Å². The molecule has 1 aliphatic carbocycles. The zero-order chi connectivity index (χ0) is 13.0. The second kappa shape index (κ2) is 6.41. The molecular weight excluding hydrogens is 341 g/mol. The van der Waals surface area contributed by atoms with Gasteiger partial charge in [0.1, 0.15) is 0 Å². The molecule has 0 saturated heterocycles. The highest BCUT2D eigenvalue weighted by Gasteiger charge is 2.16. The number of carbonyl (C=O) groups is 1. The Morgan fingerprint density at radius 3 is 2.67 bits per heavy atom. The molecule has 0 unspecified atom stereocenters. The molecule has 0 aliphatic heterocycles. The van der Waals surface area contributed by atoms with E-state index in [4.69, 9.17) is 10.5 Å². The Morgan fingerprint density at radius 1 is 1.28 bits per heavy atom. The van der Waals surface area contributed by atoms with Gasteiger partial charge in [0.05, 0.1) is 12.2 Å². The van der Waals surface area contributed by atoms with E-state index >= 15 is 0 Å². The van der Waals surface area contributed by atoms with Crippen molar-refractivity contribution >= 4 is 34.2 Å². The van der Waals surface area contributed by atoms with Gasteiger partial charge in [0.2, 0.25) is 0 Å². The average Bonchev–Trinajstić information content (AvgIpc) is 2.36. The van der Waals surface area contributed by atoms with Gasteiger partial charge < -0.3 is 10.5 Å². The van der Waals surface area contributed by atoms with E-state index in [1.807, 2.05) is 6.07 Å². The number of carbonyl (C=O) groups excluding carboxylic acids is 1. The normalized spacial score (nSPS) is 16.5. The summed E-state index contributed by atoms with van der Waals surface area (Å²) in [6.45, 7) is 0.546. The van der Waals surface area contributed by atoms with Crippen molar-refractivity contribution in [2.45, 2.75) is 32.1 Å². The third-order valence-corrected chi connectivity index (χ3v) is 3.95. The predicted molar refractivity (Wildman–Crippen MR) is 80.4 cm³/mol. The first kappa shape index (κ1) is 13.6. The molecule has 1 aromatic carbocycles. The summed E-state index contributed by atoms with van der Waals surface area (Å²) in [6, 6.07) is 5.31. The molecule has 0 heterocycles. The quantitative estimate of drug-likeness (QED) is 0.510. The van der Waals surface area contributed by atoms with Gasteiger partial charge in [-0.05, 0) is 59.5 Å². The van der Waals surface area contributed by atoms with E-state index in [2.05, 4.69) is 22.6 Å². The van der Waals surface area contributed by atoms with Crippen LogP contribution in [0.2, 0.25) is 0 Å². The number of hydrogen-bond donors (Lipinski definition) is 1. The van der Waals surface area contributed by atoms with Gasteiger partial charge in [0.25, 0.3) is 0 Å². The Hall–Kier alpha value is -0.780. The van der Waals surface area contributed by atoms with Crippen molar-refractivity contribution < 1.29 is 9.53 Å². The zero-order valence-electron chi connectivity index (χ0n) is 10.3. The fraction of sp³-hybridized carbons (Fsp3) is 0.500. The highest BCUT2D eigenvalue weighted by molar-refractivity contribution is 14.1. The average molecular weight is 359 g/mol. The van der Waals surface area contributed by atoms with Gasteiger partial charge in [-0.3, -0.25) is 0 Å². The number of anilines is 1. The number of esters is 1. The van der Waals surface area contributed by atoms with Gasteiger partial charge in [-0.15, -0.1) is 0 Å². The molecule has 1 aromatic rings. The number of hydrogen-bond acceptors (Lipinski definition) is 3. The number of nitrogens with two attached hydrogens (primary N) is 1. The van der Waals surface area contributed by atoms with E-state index in [-0.39, 0.29) is 5.97 Å². The molecule has 0 bridgehead atoms. The number of ether oxygens (including phenoxy) is 1. The van der Waals surface area contributed by atoms with Crippen LogP contribution in [0.3, 0.4) is 0 Å². The molecule has 1 fully saturated rings. The molecule has 0 radical (unpaired) electrons. The lowest BCUT2D eigenvalue weighted by Gasteiger charge is -2.21. The molecular formula is C14H18INO2. The van der Waals surface area contributed by atoms with Crippen molar-refractivity contribution in [1.29, 1.82) is 0 Å². The van der Waals surface area contributed by atoms with Crippen molar-refractivity contribution in [2.24, 2.45) is 5.92 Å². The Bertz CT molecular complexity index is 408. The molecule has 1 saturated carbocycles. The van der Waals surface area contributed by atoms with E-state index < -0.39 is 0 Å². The molecule has 2 rings (SSSR count). The minimum absolute atomic E-state index is 0.259. The zero-order valence-corrected chi connectivity index (χ0v) is 12.5. The van der Waals surface area contributed by atoms with Crippen LogP contribution >= 0.6 is 22.6 Å². The van der Waals surface area contributed by atoms with E-state index in [0.717, 1.165) is 3.57 Å². The van der Waals surface area contributed by atoms with Crippen LogP contribution in [-0.2, 0) is 4.74 Å². The standard InChI is InChI=1S/C14H18INO2/c15-12-6-11(7-13(16)8-12)14(17)18-9-10-4-2-1-3-5-10/h6-8,10H,1-5,9,16H2. The predicted octanol–water partition coefficient (Wildman–Crippen LogP) is 3.61. The van der Waals surface area contributed by atoms with Crippen LogP contribution < -0.4 is 5.73 Å². The van der Waals surface area contributed by atoms with Crippen LogP contribution in [0.5, 0.6) is 0 Å². The van der Waals surface area contributed by atoms with Gasteiger partial charge in [-0.25, -0.2) is 4.79 Å². The molecule has 0 spiro atoms. The van der Waals surface area contributed by atoms with Crippen LogP contribution in [0.25, 0.3) is 0 Å². The second-order valence-electron chi connectivity index (χ2n) is 4.88. The summed E-state index contributed by atoms with van der Waals surface area (Å²) in [6.07, 6.45) is 6.21. The number of benzene rings is 1. The third-order valence-electron chi connectivity index (χ3n) is 3.33. The lowest BCUT2D eigenvalue weighted by molar-refractivity contribution is 0.0410. The number of halogens is 1. The van der Waals surface area contributed by atoms with E-state index in [0.29, 0.717) is 23.8 Å². The lowest BCUT2D eigenvalue weighted by atomic mass is 9.90. The molecule has 4 heteroatoms. The first-order chi connectivity index (χ1) is 8.65. The minimum Gasteiger partial charge on any atom is -0.462 e. The fourth-order valence-electron chi connectivity index (χ4n) is 2.36. The van der Waals surface area contributed by atoms with E-state index in [1.165, 1.54) is 32.1 Å². The first-order valence-corrected chi connectivity index (χ1v) is 7.46. The molecule has 1 aliphatic rings. The van der Waals surface area contributed by atoms with Gasteiger partial charge in [0, 0.05) is 9.26 Å². The Morgan fingerprint density at radius 2 is 2.00 bits per heavy atom. The summed E-state index contributed by atoms with van der Waals surface area (Å²) in [5, 5.41) is 0. The maximum atomic E-state index is 11.9. The Labute approximate surface area is 121 Å². The SMILES string of the molecule is Nc1cc(I)cc(C(=O)OCC2CCCCC2)c1. The molecule has 0 amide bonds. The summed E-state index contributed by atoms with van der Waals surface area (Å²) < 4.78 is 6.34. The van der Waals surface area contributed by atoms with Gasteiger partial charge >= 0.3 is 5.97 Å². The van der Waals surface area contributed by atoms with Crippen LogP contribution in [-0.4, -0.2) is 12.6 Å². The van der Waals surface area contributed by atoms with E-state index in [1.54, 1.807) is 12.1 Å². The summed E-state index contributed by atoms with van der Waals surface area (Å²) in [5.74, 6) is 0.286. The van der Waals surface area contributed by atoms with Gasteiger partial charge in [-0.1, -0.05) is 19.3 Å². The van der Waals surface area contributed by atoms with Gasteiger partial charge in [0.15, 0.2) is 0 Å². The Balaban J connectivity index is 1.90. The molecule has 18 heavy (non-hydrogen) atoms. The first-order valence-electron chi connectivity index (χ1n) is 6.38. The smallest absolute Gasteiger partial charge is 0.338 e. The van der Waals surface area contributed by atoms with Crippen LogP contribution in [0.1, 0.15) is 42.5 Å². The summed E-state index contributed by atoms with van der Waals surface area (Å²) in [5.41, 5.74) is 6.88. The minimum atomic E-state index is -0.259. The largest absolute Gasteiger partial charge is 0.462 e. The van der Waals surface area contributed by atoms with Crippen molar-refractivity contribution in [3.63, 3.8) is 0 Å². The highest BCUT2D eigenvalue weighted by Crippen LogP contribution is 2.24. The second-order valence-corrected chi connectivity index (χ2v) is 6.12. The summed E-state index contributed by atoms with van der Waals surface area (Å²) in [7, 11) is 0. The third kappa shape index (κ3) is 3.86. The monoisotopic (exact) mass is 359 g/mol. The topological polar surface area (TPSA) is 52.3 Å². The molecule has 3 nitrogen and oxygen atoms in total. The maximum absolute atomic E-state index is 11.9. The van der Waals surface area contributed by atoms with Gasteiger partial charge in [-0.2, -0.15) is 0 Å². The molecule has 2 N–H and O–H groups in total. The lowest BCUT2D eigenvalue weighted by Crippen LogP contribution is -2.17. The van der Waals surface area contributed by atoms with Crippen LogP contribution in [0.4, 0.5) is 5.69 Å². The summed E-state index contributed by atoms with van der Waals surface area (Å²) >= 11 is 2.15. The molecule has 98 valence electrons. The highest BCUT2D eigenvalue weighted by atomic mass is 127.